The van der Waals surface area contributed by atoms with E-state index in [1.54, 1.807) is 12.1 Å². The molecule has 1 heterocycles. The minimum Gasteiger partial charge on any atom is -0.301 e. The topological polar surface area (TPSA) is 85.9 Å². The maximum atomic E-state index is 13.3. The van der Waals surface area contributed by atoms with Gasteiger partial charge in [0.15, 0.2) is 5.84 Å². The Bertz CT molecular complexity index is 1430. The number of rotatable bonds is 5. The molecular formula is C27H26Cl2N4O2S. The van der Waals surface area contributed by atoms with Gasteiger partial charge in [0.1, 0.15) is 0 Å². The molecule has 1 N–H and O–H groups in total. The van der Waals surface area contributed by atoms with Gasteiger partial charge in [0, 0.05) is 21.4 Å². The summed E-state index contributed by atoms with van der Waals surface area (Å²) in [5.74, 6) is -0.175. The Balaban J connectivity index is 1.85. The van der Waals surface area contributed by atoms with Gasteiger partial charge in [-0.2, -0.15) is 13.5 Å². The minimum atomic E-state index is -4.13. The van der Waals surface area contributed by atoms with Crippen LogP contribution in [0.1, 0.15) is 37.8 Å². The van der Waals surface area contributed by atoms with Crippen LogP contribution in [0.25, 0.3) is 0 Å². The zero-order valence-corrected chi connectivity index (χ0v) is 22.4. The van der Waals surface area contributed by atoms with E-state index in [4.69, 9.17) is 33.7 Å². The van der Waals surface area contributed by atoms with Crippen LogP contribution in [0.15, 0.2) is 93.3 Å². The second kappa shape index (κ2) is 10.2. The fraction of sp³-hybridized carbons (Fsp3) is 0.222. The fourth-order valence-electron chi connectivity index (χ4n) is 3.79. The molecule has 0 spiro atoms. The molecule has 1 aliphatic rings. The monoisotopic (exact) mass is 540 g/mol. The first-order valence-electron chi connectivity index (χ1n) is 11.3. The quantitative estimate of drug-likeness (QED) is 0.290. The van der Waals surface area contributed by atoms with Crippen molar-refractivity contribution in [3.63, 3.8) is 0 Å². The van der Waals surface area contributed by atoms with Crippen LogP contribution in [0.3, 0.4) is 0 Å². The third-order valence-corrected chi connectivity index (χ3v) is 7.58. The Hall–Kier alpha value is -3.00. The Labute approximate surface area is 221 Å². The van der Waals surface area contributed by atoms with Crippen LogP contribution in [0, 0.1) is 10.8 Å². The molecular weight excluding hydrogens is 515 g/mol. The van der Waals surface area contributed by atoms with Crippen LogP contribution < -0.4 is 0 Å². The molecule has 3 aromatic carbocycles. The molecule has 0 unspecified atom stereocenters. The molecule has 0 saturated carbocycles. The van der Waals surface area contributed by atoms with E-state index < -0.39 is 15.4 Å². The summed E-state index contributed by atoms with van der Waals surface area (Å²) in [5, 5.41) is 16.2. The maximum absolute atomic E-state index is 13.3. The molecule has 0 saturated heterocycles. The van der Waals surface area contributed by atoms with E-state index >= 15 is 0 Å². The lowest BCUT2D eigenvalue weighted by Gasteiger charge is -2.26. The number of nitrogens with zero attached hydrogens (tertiary/aromatic N) is 3. The number of hydrogen-bond donors (Lipinski definition) is 1. The first-order chi connectivity index (χ1) is 17.0. The summed E-state index contributed by atoms with van der Waals surface area (Å²) in [4.78, 5) is -0.00757. The number of hydrogen-bond acceptors (Lipinski definition) is 4. The molecule has 0 aliphatic carbocycles. The first kappa shape index (κ1) is 26.1. The molecule has 6 nitrogen and oxygen atoms in total. The number of amidine groups is 1. The number of benzene rings is 3. The van der Waals surface area contributed by atoms with Crippen LogP contribution in [-0.4, -0.2) is 37.2 Å². The molecule has 9 heteroatoms. The summed E-state index contributed by atoms with van der Waals surface area (Å²) in [7, 11) is -4.13. The molecule has 1 atom stereocenters. The van der Waals surface area contributed by atoms with Crippen LogP contribution in [-0.2, 0) is 10.0 Å². The highest BCUT2D eigenvalue weighted by Gasteiger charge is 2.36. The minimum absolute atomic E-state index is 0.00757. The highest BCUT2D eigenvalue weighted by Crippen LogP contribution is 2.31. The van der Waals surface area contributed by atoms with Crippen molar-refractivity contribution in [2.45, 2.75) is 31.6 Å². The molecule has 3 aromatic rings. The van der Waals surface area contributed by atoms with Crippen molar-refractivity contribution >= 4 is 50.5 Å². The normalized spacial score (nSPS) is 16.7. The van der Waals surface area contributed by atoms with Gasteiger partial charge in [-0.3, -0.25) is 0 Å². The first-order valence-corrected chi connectivity index (χ1v) is 13.5. The van der Waals surface area contributed by atoms with E-state index in [-0.39, 0.29) is 22.4 Å². The van der Waals surface area contributed by atoms with Gasteiger partial charge in [-0.05, 0) is 47.5 Å². The summed E-state index contributed by atoms with van der Waals surface area (Å²) in [5.41, 5.74) is 2.02. The van der Waals surface area contributed by atoms with Crippen molar-refractivity contribution in [3.8, 4) is 0 Å². The van der Waals surface area contributed by atoms with Gasteiger partial charge in [-0.25, -0.2) is 5.01 Å². The Morgan fingerprint density at radius 3 is 2.06 bits per heavy atom. The molecule has 0 amide bonds. The number of hydrazone groups is 1. The summed E-state index contributed by atoms with van der Waals surface area (Å²) >= 11 is 12.1. The van der Waals surface area contributed by atoms with Crippen molar-refractivity contribution in [2.24, 2.45) is 14.9 Å². The van der Waals surface area contributed by atoms with E-state index in [2.05, 4.69) is 4.40 Å². The Kier molecular flexibility index (Phi) is 7.36. The summed E-state index contributed by atoms with van der Waals surface area (Å²) in [6.45, 7) is 5.85. The zero-order chi connectivity index (χ0) is 26.1. The van der Waals surface area contributed by atoms with Gasteiger partial charge >= 0.3 is 0 Å². The van der Waals surface area contributed by atoms with Gasteiger partial charge in [0.2, 0.25) is 0 Å². The van der Waals surface area contributed by atoms with E-state index in [9.17, 15) is 8.42 Å². The van der Waals surface area contributed by atoms with E-state index in [0.717, 1.165) is 16.8 Å². The predicted molar refractivity (Wildman–Crippen MR) is 147 cm³/mol. The highest BCUT2D eigenvalue weighted by atomic mass is 35.5. The Morgan fingerprint density at radius 2 is 1.50 bits per heavy atom. The SMILES string of the molecule is CC(C)(C)C(=N)/C(=N\S(=O)(=O)c1ccc(Cl)cc1)N1C[C@H](c2ccccc2)C(c2ccc(Cl)cc2)=N1. The lowest BCUT2D eigenvalue weighted by atomic mass is 9.88. The number of halogens is 2. The number of sulfonamides is 1. The van der Waals surface area contributed by atoms with Gasteiger partial charge in [-0.1, -0.05) is 86.4 Å². The number of nitrogens with one attached hydrogen (secondary N) is 1. The van der Waals surface area contributed by atoms with E-state index in [1.165, 1.54) is 29.3 Å². The molecule has 1 aliphatic heterocycles. The third kappa shape index (κ3) is 5.69. The lowest BCUT2D eigenvalue weighted by Crippen LogP contribution is -2.39. The second-order valence-electron chi connectivity index (χ2n) is 9.51. The average Bonchev–Trinajstić information content (AvgIpc) is 3.28. The molecule has 36 heavy (non-hydrogen) atoms. The predicted octanol–water partition coefficient (Wildman–Crippen LogP) is 6.65. The smallest absolute Gasteiger partial charge is 0.284 e. The van der Waals surface area contributed by atoms with Gasteiger partial charge < -0.3 is 5.41 Å². The molecule has 0 aromatic heterocycles. The van der Waals surface area contributed by atoms with Crippen molar-refractivity contribution < 1.29 is 8.42 Å². The van der Waals surface area contributed by atoms with Gasteiger partial charge in [0.05, 0.1) is 22.9 Å². The van der Waals surface area contributed by atoms with Crippen LogP contribution >= 0.6 is 23.2 Å². The molecule has 186 valence electrons. The third-order valence-electron chi connectivity index (χ3n) is 5.79. The van der Waals surface area contributed by atoms with Crippen molar-refractivity contribution in [1.29, 1.82) is 5.41 Å². The molecule has 0 radical (unpaired) electrons. The maximum Gasteiger partial charge on any atom is 0.284 e. The summed E-state index contributed by atoms with van der Waals surface area (Å²) in [6, 6.07) is 23.0. The molecule has 4 rings (SSSR count). The van der Waals surface area contributed by atoms with Crippen LogP contribution in [0.5, 0.6) is 0 Å². The van der Waals surface area contributed by atoms with Crippen LogP contribution in [0.4, 0.5) is 0 Å². The molecule has 0 bridgehead atoms. The van der Waals surface area contributed by atoms with E-state index in [0.29, 0.717) is 16.6 Å². The summed E-state index contributed by atoms with van der Waals surface area (Å²) < 4.78 is 30.7. The van der Waals surface area contributed by atoms with Gasteiger partial charge in [-0.15, -0.1) is 4.40 Å². The van der Waals surface area contributed by atoms with Crippen LogP contribution in [0.2, 0.25) is 10.0 Å². The van der Waals surface area contributed by atoms with Gasteiger partial charge in [0.25, 0.3) is 10.0 Å². The second-order valence-corrected chi connectivity index (χ2v) is 12.0. The fourth-order valence-corrected chi connectivity index (χ4v) is 5.04. The molecule has 0 fully saturated rings. The lowest BCUT2D eigenvalue weighted by molar-refractivity contribution is 0.473. The standard InChI is InChI=1S/C27H26Cl2N4O2S/c1-27(2,3)25(30)26(32-36(34,35)22-15-13-21(29)14-16-22)33-17-23(18-7-5-4-6-8-18)24(31-33)19-9-11-20(28)12-10-19/h4-16,23,30H,17H2,1-3H3/b30-25?,32-26+/t23-/m1/s1. The zero-order valence-electron chi connectivity index (χ0n) is 20.1. The highest BCUT2D eigenvalue weighted by molar-refractivity contribution is 7.90. The Morgan fingerprint density at radius 1 is 0.944 bits per heavy atom. The largest absolute Gasteiger partial charge is 0.301 e. The van der Waals surface area contributed by atoms with E-state index in [1.807, 2.05) is 63.2 Å². The van der Waals surface area contributed by atoms with Crippen molar-refractivity contribution in [2.75, 3.05) is 6.54 Å². The van der Waals surface area contributed by atoms with Crippen molar-refractivity contribution in [3.05, 3.63) is 100 Å². The van der Waals surface area contributed by atoms with Crippen molar-refractivity contribution in [1.82, 2.24) is 5.01 Å². The average molecular weight is 542 g/mol. The summed E-state index contributed by atoms with van der Waals surface area (Å²) in [6.07, 6.45) is 0.